The molecule has 0 saturated carbocycles. The van der Waals surface area contributed by atoms with Gasteiger partial charge in [-0.05, 0) is 72.0 Å². The van der Waals surface area contributed by atoms with E-state index in [1.807, 2.05) is 12.1 Å². The van der Waals surface area contributed by atoms with E-state index in [0.717, 1.165) is 36.9 Å². The lowest BCUT2D eigenvalue weighted by molar-refractivity contribution is 0.470. The topological polar surface area (TPSA) is 35.8 Å². The highest BCUT2D eigenvalue weighted by atomic mass is 19.1. The summed E-state index contributed by atoms with van der Waals surface area (Å²) in [6, 6.07) is 13.8. The Hall–Kier alpha value is -2.18. The maximum absolute atomic E-state index is 14.7. The number of hydrogen-bond acceptors (Lipinski definition) is 2. The zero-order valence-corrected chi connectivity index (χ0v) is 16.4. The smallest absolute Gasteiger partial charge is 0.127 e. The molecule has 27 heavy (non-hydrogen) atoms. The van der Waals surface area contributed by atoms with Gasteiger partial charge in [-0.15, -0.1) is 0 Å². The minimum absolute atomic E-state index is 0.226. The first-order chi connectivity index (χ1) is 13.1. The van der Waals surface area contributed by atoms with Gasteiger partial charge in [0, 0.05) is 6.42 Å². The van der Waals surface area contributed by atoms with Crippen LogP contribution in [0.1, 0.15) is 49.8 Å². The summed E-state index contributed by atoms with van der Waals surface area (Å²) in [5.74, 6) is 0.285. The first-order valence-corrected chi connectivity index (χ1v) is 10.1. The van der Waals surface area contributed by atoms with Crippen molar-refractivity contribution in [1.82, 2.24) is 5.32 Å². The first-order valence-electron chi connectivity index (χ1n) is 10.1. The minimum Gasteiger partial charge on any atom is -0.301 e. The van der Waals surface area contributed by atoms with Crippen molar-refractivity contribution in [3.8, 4) is 17.2 Å². The number of nitriles is 1. The monoisotopic (exact) mass is 364 g/mol. The molecule has 142 valence electrons. The van der Waals surface area contributed by atoms with Crippen LogP contribution in [0.4, 0.5) is 4.39 Å². The van der Waals surface area contributed by atoms with Crippen molar-refractivity contribution >= 4 is 0 Å². The van der Waals surface area contributed by atoms with Crippen molar-refractivity contribution in [2.24, 2.45) is 5.92 Å². The maximum atomic E-state index is 14.7. The molecule has 0 radical (unpaired) electrons. The lowest BCUT2D eigenvalue weighted by atomic mass is 9.89. The van der Waals surface area contributed by atoms with Crippen molar-refractivity contribution < 1.29 is 4.39 Å². The Bertz CT molecular complexity index is 822. The third-order valence-corrected chi connectivity index (χ3v) is 5.72. The van der Waals surface area contributed by atoms with Crippen molar-refractivity contribution in [3.63, 3.8) is 0 Å². The van der Waals surface area contributed by atoms with Crippen LogP contribution in [0.3, 0.4) is 0 Å². The molecule has 0 fully saturated rings. The summed E-state index contributed by atoms with van der Waals surface area (Å²) in [5, 5.41) is 12.6. The largest absolute Gasteiger partial charge is 0.301 e. The minimum atomic E-state index is -0.358. The molecule has 1 aliphatic rings. The van der Waals surface area contributed by atoms with Gasteiger partial charge >= 0.3 is 0 Å². The molecule has 2 aromatic carbocycles. The average molecular weight is 365 g/mol. The van der Waals surface area contributed by atoms with Crippen LogP contribution in [0.15, 0.2) is 36.4 Å². The van der Waals surface area contributed by atoms with E-state index in [-0.39, 0.29) is 11.9 Å². The second-order valence-electron chi connectivity index (χ2n) is 7.80. The van der Waals surface area contributed by atoms with Crippen LogP contribution >= 0.6 is 0 Å². The molecule has 3 rings (SSSR count). The molecule has 0 aliphatic heterocycles. The standard InChI is InChI=1S/C24H29FN2/c1-3-17(2)16-27-23(15-26)13-22-11-10-21(14-24(22)25)20-9-8-18-6-4-5-7-19(18)12-20/h8-12,14,17,23,27H,3-7,13,16H2,1-2H3/t17-,23-/m0/s1. The van der Waals surface area contributed by atoms with Gasteiger partial charge in [-0.3, -0.25) is 0 Å². The zero-order chi connectivity index (χ0) is 19.2. The summed E-state index contributed by atoms with van der Waals surface area (Å²) in [4.78, 5) is 0. The fourth-order valence-corrected chi connectivity index (χ4v) is 3.68. The quantitative estimate of drug-likeness (QED) is 0.710. The second-order valence-corrected chi connectivity index (χ2v) is 7.80. The van der Waals surface area contributed by atoms with Crippen LogP contribution in [0.5, 0.6) is 0 Å². The lowest BCUT2D eigenvalue weighted by Crippen LogP contribution is -2.33. The van der Waals surface area contributed by atoms with Gasteiger partial charge < -0.3 is 5.32 Å². The molecule has 0 unspecified atom stereocenters. The van der Waals surface area contributed by atoms with E-state index < -0.39 is 0 Å². The normalized spacial score (nSPS) is 15.6. The molecule has 2 aromatic rings. The van der Waals surface area contributed by atoms with E-state index in [1.54, 1.807) is 6.07 Å². The Kier molecular flexibility index (Phi) is 6.63. The summed E-state index contributed by atoms with van der Waals surface area (Å²) in [6.07, 6.45) is 6.24. The SMILES string of the molecule is CC[C@H](C)CN[C@H](C#N)Cc1ccc(-c2ccc3c(c2)CCCC3)cc1F. The van der Waals surface area contributed by atoms with Gasteiger partial charge in [0.15, 0.2) is 0 Å². The third-order valence-electron chi connectivity index (χ3n) is 5.72. The van der Waals surface area contributed by atoms with Crippen molar-refractivity contribution in [2.45, 2.75) is 58.4 Å². The molecule has 0 amide bonds. The maximum Gasteiger partial charge on any atom is 0.127 e. The van der Waals surface area contributed by atoms with E-state index >= 15 is 0 Å². The molecule has 0 spiro atoms. The Morgan fingerprint density at radius 3 is 2.48 bits per heavy atom. The Balaban J connectivity index is 1.73. The number of fused-ring (bicyclic) bond motifs is 1. The molecule has 3 heteroatoms. The number of benzene rings is 2. The van der Waals surface area contributed by atoms with Gasteiger partial charge in [0.2, 0.25) is 0 Å². The van der Waals surface area contributed by atoms with Crippen LogP contribution in [-0.4, -0.2) is 12.6 Å². The van der Waals surface area contributed by atoms with Gasteiger partial charge in [-0.25, -0.2) is 4.39 Å². The predicted molar refractivity (Wildman–Crippen MR) is 109 cm³/mol. The van der Waals surface area contributed by atoms with Gasteiger partial charge in [0.05, 0.1) is 12.1 Å². The molecule has 2 atom stereocenters. The molecule has 0 saturated heterocycles. The Labute approximate surface area is 162 Å². The summed E-state index contributed by atoms with van der Waals surface area (Å²) in [7, 11) is 0. The van der Waals surface area contributed by atoms with E-state index in [4.69, 9.17) is 0 Å². The second kappa shape index (κ2) is 9.15. The molecular weight excluding hydrogens is 335 g/mol. The molecular formula is C24H29FN2. The summed E-state index contributed by atoms with van der Waals surface area (Å²) in [6.45, 7) is 5.06. The van der Waals surface area contributed by atoms with E-state index in [2.05, 4.69) is 43.4 Å². The fraction of sp³-hybridized carbons (Fsp3) is 0.458. The number of nitrogens with one attached hydrogen (secondary N) is 1. The lowest BCUT2D eigenvalue weighted by Gasteiger charge is -2.17. The Morgan fingerprint density at radius 2 is 1.78 bits per heavy atom. The van der Waals surface area contributed by atoms with Gasteiger partial charge in [0.1, 0.15) is 5.82 Å². The van der Waals surface area contributed by atoms with Crippen molar-refractivity contribution in [3.05, 3.63) is 58.9 Å². The molecule has 0 aromatic heterocycles. The van der Waals surface area contributed by atoms with E-state index in [1.165, 1.54) is 24.0 Å². The average Bonchev–Trinajstić information content (AvgIpc) is 2.71. The first kappa shape index (κ1) is 19.6. The fourth-order valence-electron chi connectivity index (χ4n) is 3.68. The summed E-state index contributed by atoms with van der Waals surface area (Å²) >= 11 is 0. The highest BCUT2D eigenvalue weighted by Gasteiger charge is 2.14. The molecule has 1 aliphatic carbocycles. The van der Waals surface area contributed by atoms with Gasteiger partial charge in [-0.2, -0.15) is 5.26 Å². The number of halogens is 1. The van der Waals surface area contributed by atoms with Crippen LogP contribution in [0.25, 0.3) is 11.1 Å². The predicted octanol–water partition coefficient (Wildman–Crippen LogP) is 5.44. The van der Waals surface area contributed by atoms with Crippen LogP contribution in [0.2, 0.25) is 0 Å². The Morgan fingerprint density at radius 1 is 1.07 bits per heavy atom. The van der Waals surface area contributed by atoms with Crippen LogP contribution < -0.4 is 5.32 Å². The highest BCUT2D eigenvalue weighted by Crippen LogP contribution is 2.28. The summed E-state index contributed by atoms with van der Waals surface area (Å²) < 4.78 is 14.7. The molecule has 0 bridgehead atoms. The molecule has 2 nitrogen and oxygen atoms in total. The van der Waals surface area contributed by atoms with Crippen molar-refractivity contribution in [2.75, 3.05) is 6.54 Å². The van der Waals surface area contributed by atoms with Gasteiger partial charge in [-0.1, -0.05) is 50.6 Å². The molecule has 1 N–H and O–H groups in total. The third kappa shape index (κ3) is 4.96. The van der Waals surface area contributed by atoms with Crippen molar-refractivity contribution in [1.29, 1.82) is 5.26 Å². The van der Waals surface area contributed by atoms with E-state index in [0.29, 0.717) is 17.9 Å². The van der Waals surface area contributed by atoms with E-state index in [9.17, 15) is 9.65 Å². The molecule has 0 heterocycles. The number of hydrogen-bond donors (Lipinski definition) is 1. The summed E-state index contributed by atoms with van der Waals surface area (Å²) in [5.41, 5.74) is 5.42. The number of aryl methyl sites for hydroxylation is 2. The number of rotatable bonds is 7. The highest BCUT2D eigenvalue weighted by molar-refractivity contribution is 5.65. The van der Waals surface area contributed by atoms with Crippen LogP contribution in [0, 0.1) is 23.1 Å². The zero-order valence-electron chi connectivity index (χ0n) is 16.4. The van der Waals surface area contributed by atoms with Gasteiger partial charge in [0.25, 0.3) is 0 Å². The number of nitrogens with zero attached hydrogens (tertiary/aromatic N) is 1. The van der Waals surface area contributed by atoms with Crippen LogP contribution in [-0.2, 0) is 19.3 Å².